The maximum Gasteiger partial charge on any atom is 0.337 e. The number of methoxy groups -OCH3 is 1. The molecule has 0 aliphatic carbocycles. The fraction of sp³-hybridized carbons (Fsp3) is 0.200. The van der Waals surface area contributed by atoms with E-state index in [2.05, 4.69) is 31.2 Å². The summed E-state index contributed by atoms with van der Waals surface area (Å²) in [6.07, 6.45) is 4.18. The highest BCUT2D eigenvalue weighted by molar-refractivity contribution is 7.80. The topological polar surface area (TPSA) is 88.5 Å². The van der Waals surface area contributed by atoms with Crippen LogP contribution in [-0.4, -0.2) is 33.6 Å². The first kappa shape index (κ1) is 26.1. The number of aryl methyl sites for hydroxylation is 1. The van der Waals surface area contributed by atoms with Crippen LogP contribution in [0.1, 0.15) is 52.7 Å². The average molecular weight is 540 g/mol. The summed E-state index contributed by atoms with van der Waals surface area (Å²) in [5.74, 6) is -0.414. The molecule has 9 heteroatoms. The highest BCUT2D eigenvalue weighted by atomic mass is 32.1. The predicted molar refractivity (Wildman–Crippen MR) is 155 cm³/mol. The molecule has 4 aromatic rings. The standard InChI is InChI=1S/C30H29N5O3S/c1-4-26(36)32-23-15-14-22(18-19(23)2)35-28(27(33-30(35)39)24-8-5-6-16-31-24)25-9-7-17-34(25)21-12-10-20(11-13-21)29(37)38-3/h5-18,27-28H,4H2,1-3H3,(H,32,36)(H,33,39)/t27-,28+/m0/s1. The fourth-order valence-corrected chi connectivity index (χ4v) is 5.20. The Morgan fingerprint density at radius 1 is 1.05 bits per heavy atom. The third kappa shape index (κ3) is 5.13. The van der Waals surface area contributed by atoms with Gasteiger partial charge in [-0.3, -0.25) is 9.78 Å². The summed E-state index contributed by atoms with van der Waals surface area (Å²) in [6, 6.07) is 22.7. The summed E-state index contributed by atoms with van der Waals surface area (Å²) in [7, 11) is 1.37. The summed E-state index contributed by atoms with van der Waals surface area (Å²) in [5, 5.41) is 7.03. The van der Waals surface area contributed by atoms with Gasteiger partial charge in [0.15, 0.2) is 5.11 Å². The number of nitrogens with zero attached hydrogens (tertiary/aromatic N) is 3. The lowest BCUT2D eigenvalue weighted by Crippen LogP contribution is -2.30. The van der Waals surface area contributed by atoms with E-state index < -0.39 is 0 Å². The van der Waals surface area contributed by atoms with E-state index in [-0.39, 0.29) is 24.0 Å². The van der Waals surface area contributed by atoms with Gasteiger partial charge in [0.1, 0.15) is 6.04 Å². The van der Waals surface area contributed by atoms with Gasteiger partial charge in [-0.25, -0.2) is 4.79 Å². The van der Waals surface area contributed by atoms with Gasteiger partial charge in [0.05, 0.1) is 24.4 Å². The zero-order valence-corrected chi connectivity index (χ0v) is 22.7. The second-order valence-electron chi connectivity index (χ2n) is 9.24. The average Bonchev–Trinajstić information content (AvgIpc) is 3.58. The summed E-state index contributed by atoms with van der Waals surface area (Å²) in [4.78, 5) is 30.7. The Balaban J connectivity index is 1.59. The first-order chi connectivity index (χ1) is 18.9. The van der Waals surface area contributed by atoms with E-state index in [1.54, 1.807) is 18.3 Å². The van der Waals surface area contributed by atoms with Crippen molar-refractivity contribution in [2.45, 2.75) is 32.4 Å². The number of hydrogen-bond donors (Lipinski definition) is 2. The van der Waals surface area contributed by atoms with Gasteiger partial charge in [0, 0.05) is 41.6 Å². The van der Waals surface area contributed by atoms with Gasteiger partial charge in [0.25, 0.3) is 0 Å². The number of anilines is 2. The quantitative estimate of drug-likeness (QED) is 0.237. The molecule has 39 heavy (non-hydrogen) atoms. The van der Waals surface area contributed by atoms with Crippen LogP contribution in [0.15, 0.2) is 85.2 Å². The molecule has 0 bridgehead atoms. The predicted octanol–water partition coefficient (Wildman–Crippen LogP) is 5.49. The Kier molecular flexibility index (Phi) is 7.42. The molecule has 8 nitrogen and oxygen atoms in total. The minimum atomic E-state index is -0.380. The summed E-state index contributed by atoms with van der Waals surface area (Å²) in [6.45, 7) is 3.80. The highest BCUT2D eigenvalue weighted by Crippen LogP contribution is 2.43. The molecule has 1 saturated heterocycles. The highest BCUT2D eigenvalue weighted by Gasteiger charge is 2.42. The van der Waals surface area contributed by atoms with Crippen LogP contribution in [0.25, 0.3) is 5.69 Å². The number of hydrogen-bond acceptors (Lipinski definition) is 5. The van der Waals surface area contributed by atoms with Crippen molar-refractivity contribution in [2.75, 3.05) is 17.3 Å². The maximum absolute atomic E-state index is 12.0. The summed E-state index contributed by atoms with van der Waals surface area (Å²) >= 11 is 5.89. The summed E-state index contributed by atoms with van der Waals surface area (Å²) < 4.78 is 6.94. The Hall–Kier alpha value is -4.50. The van der Waals surface area contributed by atoms with E-state index in [4.69, 9.17) is 17.0 Å². The molecular weight excluding hydrogens is 510 g/mol. The number of carbonyl (C=O) groups is 2. The normalized spacial score (nSPS) is 16.6. The van der Waals surface area contributed by atoms with E-state index in [9.17, 15) is 9.59 Å². The van der Waals surface area contributed by atoms with Gasteiger partial charge in [-0.15, -0.1) is 0 Å². The van der Waals surface area contributed by atoms with Crippen LogP contribution >= 0.6 is 12.2 Å². The second kappa shape index (κ2) is 11.1. The molecule has 2 aromatic carbocycles. The molecule has 1 amide bonds. The van der Waals surface area contributed by atoms with Crippen LogP contribution in [0.4, 0.5) is 11.4 Å². The molecule has 2 aromatic heterocycles. The molecule has 2 atom stereocenters. The third-order valence-corrected chi connectivity index (χ3v) is 7.15. The first-order valence-electron chi connectivity index (χ1n) is 12.7. The Morgan fingerprint density at radius 2 is 1.82 bits per heavy atom. The molecule has 3 heterocycles. The number of rotatable bonds is 7. The zero-order valence-electron chi connectivity index (χ0n) is 21.9. The number of ether oxygens (including phenoxy) is 1. The van der Waals surface area contributed by atoms with Gasteiger partial charge >= 0.3 is 5.97 Å². The number of amides is 1. The molecule has 0 radical (unpaired) electrons. The SMILES string of the molecule is CCC(=O)Nc1ccc(N2C(=S)N[C@@H](c3ccccn3)[C@H]2c2cccn2-c2ccc(C(=O)OC)cc2)cc1C. The largest absolute Gasteiger partial charge is 0.465 e. The monoisotopic (exact) mass is 539 g/mol. The molecule has 1 aliphatic rings. The number of thiocarbonyl (C=S) groups is 1. The van der Waals surface area contributed by atoms with Crippen LogP contribution in [0.3, 0.4) is 0 Å². The second-order valence-corrected chi connectivity index (χ2v) is 9.63. The van der Waals surface area contributed by atoms with Crippen LogP contribution in [0.5, 0.6) is 0 Å². The van der Waals surface area contributed by atoms with Gasteiger partial charge in [0.2, 0.25) is 5.91 Å². The lowest BCUT2D eigenvalue weighted by molar-refractivity contribution is -0.115. The van der Waals surface area contributed by atoms with Crippen LogP contribution in [-0.2, 0) is 9.53 Å². The van der Waals surface area contributed by atoms with E-state index in [1.807, 2.05) is 74.6 Å². The minimum absolute atomic E-state index is 0.0339. The van der Waals surface area contributed by atoms with Crippen molar-refractivity contribution in [1.82, 2.24) is 14.9 Å². The third-order valence-electron chi connectivity index (χ3n) is 6.83. The molecule has 1 aliphatic heterocycles. The fourth-order valence-electron chi connectivity index (χ4n) is 4.86. The van der Waals surface area contributed by atoms with Crippen molar-refractivity contribution in [1.29, 1.82) is 0 Å². The lowest BCUT2D eigenvalue weighted by Gasteiger charge is -2.29. The van der Waals surface area contributed by atoms with Gasteiger partial charge < -0.3 is 24.8 Å². The van der Waals surface area contributed by atoms with Crippen LogP contribution in [0.2, 0.25) is 0 Å². The Labute approximate surface area is 232 Å². The zero-order chi connectivity index (χ0) is 27.5. The van der Waals surface area contributed by atoms with Crippen LogP contribution in [0, 0.1) is 6.92 Å². The Morgan fingerprint density at radius 3 is 2.49 bits per heavy atom. The molecule has 2 N–H and O–H groups in total. The minimum Gasteiger partial charge on any atom is -0.465 e. The van der Waals surface area contributed by atoms with E-state index in [0.29, 0.717) is 17.1 Å². The molecule has 0 unspecified atom stereocenters. The number of aromatic nitrogens is 2. The number of carbonyl (C=O) groups excluding carboxylic acids is 2. The lowest BCUT2D eigenvalue weighted by atomic mass is 10.00. The van der Waals surface area contributed by atoms with Crippen molar-refractivity contribution in [3.63, 3.8) is 0 Å². The van der Waals surface area contributed by atoms with E-state index >= 15 is 0 Å². The molecular formula is C30H29N5O3S. The Bertz CT molecular complexity index is 1520. The van der Waals surface area contributed by atoms with Crippen LogP contribution < -0.4 is 15.5 Å². The van der Waals surface area contributed by atoms with Crippen molar-refractivity contribution >= 4 is 40.6 Å². The van der Waals surface area contributed by atoms with Gasteiger partial charge in [-0.2, -0.15) is 0 Å². The van der Waals surface area contributed by atoms with Gasteiger partial charge in [-0.1, -0.05) is 13.0 Å². The first-order valence-corrected chi connectivity index (χ1v) is 13.1. The van der Waals surface area contributed by atoms with E-state index in [0.717, 1.165) is 34.0 Å². The molecule has 0 saturated carbocycles. The molecule has 5 rings (SSSR count). The van der Waals surface area contributed by atoms with Gasteiger partial charge in [-0.05, 0) is 91.4 Å². The van der Waals surface area contributed by atoms with Crippen molar-refractivity contribution < 1.29 is 14.3 Å². The number of benzene rings is 2. The van der Waals surface area contributed by atoms with Crippen molar-refractivity contribution in [3.05, 3.63) is 108 Å². The molecule has 1 fully saturated rings. The van der Waals surface area contributed by atoms with E-state index in [1.165, 1.54) is 7.11 Å². The maximum atomic E-state index is 12.0. The number of esters is 1. The molecule has 0 spiro atoms. The van der Waals surface area contributed by atoms with Crippen molar-refractivity contribution in [2.24, 2.45) is 0 Å². The smallest absolute Gasteiger partial charge is 0.337 e. The molecule has 198 valence electrons. The summed E-state index contributed by atoms with van der Waals surface area (Å²) in [5.41, 5.74) is 5.85. The van der Waals surface area contributed by atoms with Crippen molar-refractivity contribution in [3.8, 4) is 5.69 Å². The number of nitrogens with one attached hydrogen (secondary N) is 2. The number of pyridine rings is 1.